The Balaban J connectivity index is 2.34. The summed E-state index contributed by atoms with van der Waals surface area (Å²) in [4.78, 5) is 4.32. The van der Waals surface area contributed by atoms with Crippen LogP contribution in [0.2, 0.25) is 0 Å². The molecule has 1 heterocycles. The van der Waals surface area contributed by atoms with E-state index in [-0.39, 0.29) is 0 Å². The summed E-state index contributed by atoms with van der Waals surface area (Å²) in [6.45, 7) is 4.44. The molecule has 106 valence electrons. The highest BCUT2D eigenvalue weighted by Gasteiger charge is 2.24. The van der Waals surface area contributed by atoms with Crippen molar-refractivity contribution in [3.8, 4) is 0 Å². The molecule has 0 N–H and O–H groups in total. The van der Waals surface area contributed by atoms with Crippen molar-refractivity contribution in [2.24, 2.45) is 0 Å². The van der Waals surface area contributed by atoms with Crippen molar-refractivity contribution in [1.82, 2.24) is 9.29 Å². The first-order valence-electron chi connectivity index (χ1n) is 6.50. The van der Waals surface area contributed by atoms with E-state index in [2.05, 4.69) is 4.98 Å². The minimum atomic E-state index is -3.47. The normalized spacial score (nSPS) is 11.8. The third-order valence-electron chi connectivity index (χ3n) is 3.17. The molecule has 0 aliphatic rings. The summed E-state index contributed by atoms with van der Waals surface area (Å²) in [7, 11) is -3.47. The quantitative estimate of drug-likeness (QED) is 0.850. The first kappa shape index (κ1) is 14.7. The SMILES string of the molecule is CCN(Cc1ccncc1)S(=O)(=O)c1ccccc1C. The smallest absolute Gasteiger partial charge is 0.243 e. The monoisotopic (exact) mass is 290 g/mol. The lowest BCUT2D eigenvalue weighted by molar-refractivity contribution is 0.423. The Morgan fingerprint density at radius 3 is 2.35 bits per heavy atom. The molecule has 0 spiro atoms. The zero-order valence-corrected chi connectivity index (χ0v) is 12.5. The average Bonchev–Trinajstić information content (AvgIpc) is 2.46. The van der Waals surface area contributed by atoms with Crippen molar-refractivity contribution in [1.29, 1.82) is 0 Å². The zero-order valence-electron chi connectivity index (χ0n) is 11.7. The van der Waals surface area contributed by atoms with E-state index in [1.54, 1.807) is 24.5 Å². The van der Waals surface area contributed by atoms with E-state index in [0.29, 0.717) is 18.0 Å². The minimum absolute atomic E-state index is 0.357. The summed E-state index contributed by atoms with van der Waals surface area (Å²) in [6.07, 6.45) is 3.34. The van der Waals surface area contributed by atoms with Gasteiger partial charge in [0.2, 0.25) is 10.0 Å². The number of aromatic nitrogens is 1. The van der Waals surface area contributed by atoms with Gasteiger partial charge in [0.25, 0.3) is 0 Å². The van der Waals surface area contributed by atoms with Crippen LogP contribution in [0.4, 0.5) is 0 Å². The third-order valence-corrected chi connectivity index (χ3v) is 5.25. The fraction of sp³-hybridized carbons (Fsp3) is 0.267. The lowest BCUT2D eigenvalue weighted by Crippen LogP contribution is -2.30. The Morgan fingerprint density at radius 1 is 1.10 bits per heavy atom. The lowest BCUT2D eigenvalue weighted by Gasteiger charge is -2.21. The van der Waals surface area contributed by atoms with E-state index in [1.165, 1.54) is 4.31 Å². The Bertz CT molecular complexity index is 669. The van der Waals surface area contributed by atoms with Crippen molar-refractivity contribution < 1.29 is 8.42 Å². The van der Waals surface area contributed by atoms with Gasteiger partial charge in [-0.15, -0.1) is 0 Å². The van der Waals surface area contributed by atoms with Gasteiger partial charge in [-0.05, 0) is 36.2 Å². The van der Waals surface area contributed by atoms with Gasteiger partial charge in [0.1, 0.15) is 0 Å². The number of aryl methyl sites for hydroxylation is 1. The van der Waals surface area contributed by atoms with Crippen LogP contribution in [-0.4, -0.2) is 24.3 Å². The summed E-state index contributed by atoms with van der Waals surface area (Å²) in [6, 6.07) is 10.7. The first-order chi connectivity index (χ1) is 9.55. The highest BCUT2D eigenvalue weighted by molar-refractivity contribution is 7.89. The highest BCUT2D eigenvalue weighted by atomic mass is 32.2. The molecule has 1 aromatic carbocycles. The molecule has 0 aliphatic heterocycles. The van der Waals surface area contributed by atoms with Gasteiger partial charge < -0.3 is 0 Å². The van der Waals surface area contributed by atoms with Crippen molar-refractivity contribution in [2.75, 3.05) is 6.54 Å². The molecule has 0 saturated heterocycles. The number of hydrogen-bond acceptors (Lipinski definition) is 3. The van der Waals surface area contributed by atoms with Gasteiger partial charge in [0.15, 0.2) is 0 Å². The van der Waals surface area contributed by atoms with Crippen LogP contribution in [0.3, 0.4) is 0 Å². The number of rotatable bonds is 5. The molecular weight excluding hydrogens is 272 g/mol. The number of hydrogen-bond donors (Lipinski definition) is 0. The molecule has 0 aliphatic carbocycles. The number of nitrogens with zero attached hydrogens (tertiary/aromatic N) is 2. The van der Waals surface area contributed by atoms with Gasteiger partial charge in [-0.25, -0.2) is 8.42 Å². The molecule has 0 atom stereocenters. The second-order valence-electron chi connectivity index (χ2n) is 4.55. The minimum Gasteiger partial charge on any atom is -0.265 e. The van der Waals surface area contributed by atoms with Gasteiger partial charge in [-0.2, -0.15) is 4.31 Å². The van der Waals surface area contributed by atoms with Crippen molar-refractivity contribution in [3.05, 3.63) is 59.9 Å². The van der Waals surface area contributed by atoms with E-state index >= 15 is 0 Å². The fourth-order valence-corrected chi connectivity index (χ4v) is 3.71. The Morgan fingerprint density at radius 2 is 1.75 bits per heavy atom. The maximum absolute atomic E-state index is 12.7. The van der Waals surface area contributed by atoms with E-state index in [1.807, 2.05) is 38.1 Å². The molecule has 20 heavy (non-hydrogen) atoms. The van der Waals surface area contributed by atoms with Crippen molar-refractivity contribution >= 4 is 10.0 Å². The fourth-order valence-electron chi connectivity index (χ4n) is 2.04. The topological polar surface area (TPSA) is 50.3 Å². The third kappa shape index (κ3) is 3.05. The van der Waals surface area contributed by atoms with E-state index in [9.17, 15) is 8.42 Å². The van der Waals surface area contributed by atoms with Crippen LogP contribution in [0.5, 0.6) is 0 Å². The molecule has 0 radical (unpaired) electrons. The Kier molecular flexibility index (Phi) is 4.52. The largest absolute Gasteiger partial charge is 0.265 e. The van der Waals surface area contributed by atoms with Crippen LogP contribution in [0.25, 0.3) is 0 Å². The van der Waals surface area contributed by atoms with Gasteiger partial charge in [0.05, 0.1) is 4.90 Å². The van der Waals surface area contributed by atoms with E-state index in [4.69, 9.17) is 0 Å². The number of pyridine rings is 1. The Hall–Kier alpha value is -1.72. The Labute approximate surface area is 120 Å². The molecule has 2 aromatic rings. The first-order valence-corrected chi connectivity index (χ1v) is 7.94. The van der Waals surface area contributed by atoms with E-state index < -0.39 is 10.0 Å². The maximum Gasteiger partial charge on any atom is 0.243 e. The van der Waals surface area contributed by atoms with Crippen LogP contribution in [-0.2, 0) is 16.6 Å². The second kappa shape index (κ2) is 6.15. The molecule has 1 aromatic heterocycles. The molecule has 4 nitrogen and oxygen atoms in total. The predicted octanol–water partition coefficient (Wildman–Crippen LogP) is 2.60. The molecule has 5 heteroatoms. The van der Waals surface area contributed by atoms with Gasteiger partial charge in [-0.3, -0.25) is 4.98 Å². The zero-order chi connectivity index (χ0) is 14.6. The molecule has 0 saturated carbocycles. The number of benzene rings is 1. The van der Waals surface area contributed by atoms with Crippen LogP contribution >= 0.6 is 0 Å². The van der Waals surface area contributed by atoms with Crippen LogP contribution in [0.15, 0.2) is 53.7 Å². The molecule has 0 fully saturated rings. The summed E-state index contributed by atoms with van der Waals surface area (Å²) in [5.74, 6) is 0. The molecule has 0 bridgehead atoms. The van der Waals surface area contributed by atoms with Crippen molar-refractivity contribution in [2.45, 2.75) is 25.3 Å². The lowest BCUT2D eigenvalue weighted by atomic mass is 10.2. The number of sulfonamides is 1. The molecular formula is C15H18N2O2S. The second-order valence-corrected chi connectivity index (χ2v) is 6.46. The van der Waals surface area contributed by atoms with Crippen LogP contribution < -0.4 is 0 Å². The summed E-state index contributed by atoms with van der Waals surface area (Å²) < 4.78 is 26.9. The highest BCUT2D eigenvalue weighted by Crippen LogP contribution is 2.21. The standard InChI is InChI=1S/C15H18N2O2S/c1-3-17(12-14-8-10-16-11-9-14)20(18,19)15-7-5-4-6-13(15)2/h4-11H,3,12H2,1-2H3. The maximum atomic E-state index is 12.7. The van der Waals surface area contributed by atoms with Crippen LogP contribution in [0, 0.1) is 6.92 Å². The summed E-state index contributed by atoms with van der Waals surface area (Å²) in [5.41, 5.74) is 1.69. The molecule has 0 amide bonds. The van der Waals surface area contributed by atoms with Gasteiger partial charge >= 0.3 is 0 Å². The average molecular weight is 290 g/mol. The molecule has 2 rings (SSSR count). The van der Waals surface area contributed by atoms with Crippen molar-refractivity contribution in [3.63, 3.8) is 0 Å². The summed E-state index contributed by atoms with van der Waals surface area (Å²) >= 11 is 0. The van der Waals surface area contributed by atoms with E-state index in [0.717, 1.165) is 11.1 Å². The predicted molar refractivity (Wildman–Crippen MR) is 78.7 cm³/mol. The summed E-state index contributed by atoms with van der Waals surface area (Å²) in [5, 5.41) is 0. The molecule has 0 unspecified atom stereocenters. The van der Waals surface area contributed by atoms with Gasteiger partial charge in [-0.1, -0.05) is 25.1 Å². The van der Waals surface area contributed by atoms with Gasteiger partial charge in [0, 0.05) is 25.5 Å². The van der Waals surface area contributed by atoms with Crippen LogP contribution in [0.1, 0.15) is 18.1 Å².